The van der Waals surface area contributed by atoms with Crippen molar-refractivity contribution in [1.29, 1.82) is 0 Å². The normalized spacial score (nSPS) is 10.9. The van der Waals surface area contributed by atoms with E-state index in [1.807, 2.05) is 54.6 Å². The van der Waals surface area contributed by atoms with E-state index in [9.17, 15) is 0 Å². The van der Waals surface area contributed by atoms with Gasteiger partial charge < -0.3 is 4.90 Å². The first-order valence-electron chi connectivity index (χ1n) is 11.7. The molecular formula is C32H23N3. The van der Waals surface area contributed by atoms with Gasteiger partial charge in [-0.25, -0.2) is 9.97 Å². The number of fused-ring (bicyclic) bond motifs is 1. The van der Waals surface area contributed by atoms with E-state index < -0.39 is 0 Å². The van der Waals surface area contributed by atoms with Gasteiger partial charge in [-0.3, -0.25) is 0 Å². The zero-order valence-electron chi connectivity index (χ0n) is 19.1. The van der Waals surface area contributed by atoms with Gasteiger partial charge in [-0.15, -0.1) is 0 Å². The van der Waals surface area contributed by atoms with Crippen molar-refractivity contribution in [2.45, 2.75) is 0 Å². The summed E-state index contributed by atoms with van der Waals surface area (Å²) < 4.78 is 0. The molecule has 0 saturated carbocycles. The van der Waals surface area contributed by atoms with E-state index in [0.29, 0.717) is 0 Å². The van der Waals surface area contributed by atoms with Gasteiger partial charge in [0.2, 0.25) is 0 Å². The second kappa shape index (κ2) is 9.24. The quantitative estimate of drug-likeness (QED) is 0.264. The van der Waals surface area contributed by atoms with Crippen molar-refractivity contribution >= 4 is 28.1 Å². The molecule has 0 aliphatic carbocycles. The minimum atomic E-state index is 0.873. The average molecular weight is 450 g/mol. The summed E-state index contributed by atoms with van der Waals surface area (Å²) in [5, 5.41) is 0. The number of aromatic nitrogens is 2. The molecular weight excluding hydrogens is 426 g/mol. The zero-order chi connectivity index (χ0) is 23.5. The van der Waals surface area contributed by atoms with Gasteiger partial charge in [-0.1, -0.05) is 91.0 Å². The highest BCUT2D eigenvalue weighted by molar-refractivity contribution is 5.88. The molecule has 0 atom stereocenters. The van der Waals surface area contributed by atoms with E-state index in [2.05, 4.69) is 89.8 Å². The monoisotopic (exact) mass is 449 g/mol. The molecule has 0 unspecified atom stereocenters. The second-order valence-corrected chi connectivity index (χ2v) is 8.33. The summed E-state index contributed by atoms with van der Waals surface area (Å²) in [6, 6.07) is 47.7. The molecule has 6 rings (SSSR count). The first kappa shape index (κ1) is 20.8. The van der Waals surface area contributed by atoms with E-state index in [-0.39, 0.29) is 0 Å². The van der Waals surface area contributed by atoms with Gasteiger partial charge in [0, 0.05) is 28.2 Å². The molecule has 5 aromatic carbocycles. The van der Waals surface area contributed by atoms with Crippen LogP contribution in [0.15, 0.2) is 140 Å². The third-order valence-corrected chi connectivity index (χ3v) is 6.02. The number of benzene rings is 5. The van der Waals surface area contributed by atoms with Crippen molar-refractivity contribution in [3.05, 3.63) is 140 Å². The number of hydrogen-bond donors (Lipinski definition) is 0. The standard InChI is InChI=1S/C32H23N3/c1-4-13-24(14-5-1)31-32(34-30-22-11-10-21-29(30)33-31)25-15-12-20-28(23-25)35(26-16-6-2-7-17-26)27-18-8-3-9-19-27/h1-23H. The lowest BCUT2D eigenvalue weighted by atomic mass is 10.0. The number of anilines is 3. The van der Waals surface area contributed by atoms with Gasteiger partial charge in [0.1, 0.15) is 0 Å². The average Bonchev–Trinajstić information content (AvgIpc) is 2.94. The van der Waals surface area contributed by atoms with Crippen LogP contribution in [0.5, 0.6) is 0 Å². The molecule has 1 aromatic heterocycles. The molecule has 0 N–H and O–H groups in total. The van der Waals surface area contributed by atoms with E-state index in [0.717, 1.165) is 50.6 Å². The fraction of sp³-hybridized carbons (Fsp3) is 0. The van der Waals surface area contributed by atoms with Gasteiger partial charge in [0.05, 0.1) is 22.4 Å². The molecule has 3 nitrogen and oxygen atoms in total. The fourth-order valence-corrected chi connectivity index (χ4v) is 4.39. The highest BCUT2D eigenvalue weighted by Crippen LogP contribution is 2.38. The lowest BCUT2D eigenvalue weighted by molar-refractivity contribution is 1.27. The van der Waals surface area contributed by atoms with Crippen LogP contribution in [0.2, 0.25) is 0 Å². The van der Waals surface area contributed by atoms with Crippen LogP contribution in [0.1, 0.15) is 0 Å². The van der Waals surface area contributed by atoms with Gasteiger partial charge in [-0.2, -0.15) is 0 Å². The molecule has 0 spiro atoms. The lowest BCUT2D eigenvalue weighted by Crippen LogP contribution is -2.09. The van der Waals surface area contributed by atoms with Crippen LogP contribution in [0.3, 0.4) is 0 Å². The van der Waals surface area contributed by atoms with Gasteiger partial charge in [0.25, 0.3) is 0 Å². The molecule has 35 heavy (non-hydrogen) atoms. The topological polar surface area (TPSA) is 29.0 Å². The van der Waals surface area contributed by atoms with Gasteiger partial charge in [0.15, 0.2) is 0 Å². The van der Waals surface area contributed by atoms with Crippen LogP contribution >= 0.6 is 0 Å². The van der Waals surface area contributed by atoms with Crippen LogP contribution in [0.4, 0.5) is 17.1 Å². The molecule has 0 saturated heterocycles. The van der Waals surface area contributed by atoms with Crippen molar-refractivity contribution < 1.29 is 0 Å². The second-order valence-electron chi connectivity index (χ2n) is 8.33. The highest BCUT2D eigenvalue weighted by atomic mass is 15.1. The Kier molecular flexibility index (Phi) is 5.50. The van der Waals surface area contributed by atoms with Crippen molar-refractivity contribution in [1.82, 2.24) is 9.97 Å². The summed E-state index contributed by atoms with van der Waals surface area (Å²) in [6.45, 7) is 0. The third-order valence-electron chi connectivity index (χ3n) is 6.02. The molecule has 6 aromatic rings. The maximum Gasteiger partial charge on any atom is 0.0973 e. The largest absolute Gasteiger partial charge is 0.310 e. The Bertz CT molecular complexity index is 1540. The summed E-state index contributed by atoms with van der Waals surface area (Å²) in [4.78, 5) is 12.4. The molecule has 3 heteroatoms. The minimum Gasteiger partial charge on any atom is -0.310 e. The van der Waals surface area contributed by atoms with Crippen LogP contribution < -0.4 is 4.90 Å². The number of nitrogens with zero attached hydrogens (tertiary/aromatic N) is 3. The Morgan fingerprint density at radius 1 is 0.371 bits per heavy atom. The summed E-state index contributed by atoms with van der Waals surface area (Å²) in [5.41, 5.74) is 8.87. The van der Waals surface area contributed by atoms with Crippen molar-refractivity contribution in [2.75, 3.05) is 4.90 Å². The number of hydrogen-bond acceptors (Lipinski definition) is 3. The fourth-order valence-electron chi connectivity index (χ4n) is 4.39. The van der Waals surface area contributed by atoms with E-state index in [1.54, 1.807) is 0 Å². The smallest absolute Gasteiger partial charge is 0.0973 e. The minimum absolute atomic E-state index is 0.873. The summed E-state index contributed by atoms with van der Waals surface area (Å²) in [6.07, 6.45) is 0. The molecule has 166 valence electrons. The molecule has 0 fully saturated rings. The maximum atomic E-state index is 5.09. The zero-order valence-corrected chi connectivity index (χ0v) is 19.1. The first-order valence-corrected chi connectivity index (χ1v) is 11.7. The Balaban J connectivity index is 1.55. The lowest BCUT2D eigenvalue weighted by Gasteiger charge is -2.26. The number of para-hydroxylation sites is 4. The molecule has 0 bridgehead atoms. The van der Waals surface area contributed by atoms with Gasteiger partial charge in [-0.05, 0) is 48.5 Å². The molecule has 0 radical (unpaired) electrons. The Morgan fingerprint density at radius 3 is 1.37 bits per heavy atom. The summed E-state index contributed by atoms with van der Waals surface area (Å²) in [7, 11) is 0. The van der Waals surface area contributed by atoms with Crippen molar-refractivity contribution in [3.63, 3.8) is 0 Å². The van der Waals surface area contributed by atoms with Crippen LogP contribution in [-0.4, -0.2) is 9.97 Å². The molecule has 1 heterocycles. The molecule has 0 aliphatic heterocycles. The van der Waals surface area contributed by atoms with Crippen molar-refractivity contribution in [3.8, 4) is 22.5 Å². The Hall–Kier alpha value is -4.76. The van der Waals surface area contributed by atoms with E-state index in [1.165, 1.54) is 0 Å². The first-order chi connectivity index (χ1) is 17.4. The molecule has 0 aliphatic rings. The summed E-state index contributed by atoms with van der Waals surface area (Å²) in [5.74, 6) is 0. The predicted molar refractivity (Wildman–Crippen MR) is 145 cm³/mol. The van der Waals surface area contributed by atoms with Crippen molar-refractivity contribution in [2.24, 2.45) is 0 Å². The highest BCUT2D eigenvalue weighted by Gasteiger charge is 2.16. The van der Waals surface area contributed by atoms with E-state index in [4.69, 9.17) is 9.97 Å². The Morgan fingerprint density at radius 2 is 0.800 bits per heavy atom. The van der Waals surface area contributed by atoms with Crippen LogP contribution in [0, 0.1) is 0 Å². The Labute approximate surface area is 205 Å². The SMILES string of the molecule is c1ccc(-c2nc3ccccc3nc2-c2cccc(N(c3ccccc3)c3ccccc3)c2)cc1. The number of rotatable bonds is 5. The van der Waals surface area contributed by atoms with Crippen LogP contribution in [0.25, 0.3) is 33.5 Å². The third kappa shape index (κ3) is 4.16. The predicted octanol–water partition coefficient (Wildman–Crippen LogP) is 8.43. The van der Waals surface area contributed by atoms with E-state index >= 15 is 0 Å². The summed E-state index contributed by atoms with van der Waals surface area (Å²) >= 11 is 0. The van der Waals surface area contributed by atoms with Crippen LogP contribution in [-0.2, 0) is 0 Å². The maximum absolute atomic E-state index is 5.09. The van der Waals surface area contributed by atoms with Gasteiger partial charge >= 0.3 is 0 Å². The molecule has 0 amide bonds.